The molecule has 0 radical (unpaired) electrons. The van der Waals surface area contributed by atoms with Gasteiger partial charge >= 0.3 is 0 Å². The van der Waals surface area contributed by atoms with Crippen molar-refractivity contribution in [2.75, 3.05) is 4.72 Å². The van der Waals surface area contributed by atoms with Gasteiger partial charge in [0.05, 0.1) is 12.3 Å². The van der Waals surface area contributed by atoms with Crippen molar-refractivity contribution in [1.29, 1.82) is 0 Å². The number of hydrogen-bond donors (Lipinski definition) is 2. The number of aliphatic hydroxyl groups excluding tert-OH is 1. The average Bonchev–Trinajstić information content (AvgIpc) is 2.71. The Morgan fingerprint density at radius 3 is 2.68 bits per heavy atom. The first-order valence-electron chi connectivity index (χ1n) is 5.58. The summed E-state index contributed by atoms with van der Waals surface area (Å²) in [7, 11) is -3.61. The molecule has 5 nitrogen and oxygen atoms in total. The second-order valence-corrected chi connectivity index (χ2v) is 7.17. The van der Waals surface area contributed by atoms with Crippen LogP contribution in [0.1, 0.15) is 16.1 Å². The Morgan fingerprint density at radius 2 is 2.11 bits per heavy atom. The third-order valence-corrected chi connectivity index (χ3v) is 5.63. The summed E-state index contributed by atoms with van der Waals surface area (Å²) in [6.45, 7) is 3.41. The van der Waals surface area contributed by atoms with Crippen LogP contribution in [0.4, 0.5) is 5.69 Å². The van der Waals surface area contributed by atoms with Crippen molar-refractivity contribution in [3.8, 4) is 0 Å². The number of nitrogens with zero attached hydrogens (tertiary/aromatic N) is 1. The zero-order chi connectivity index (χ0) is 14.0. The van der Waals surface area contributed by atoms with E-state index < -0.39 is 10.0 Å². The predicted molar refractivity (Wildman–Crippen MR) is 74.8 cm³/mol. The minimum Gasteiger partial charge on any atom is -0.391 e. The molecule has 0 fully saturated rings. The zero-order valence-electron chi connectivity index (χ0n) is 10.5. The number of aliphatic hydroxyl groups is 1. The van der Waals surface area contributed by atoms with Crippen LogP contribution in [0.15, 0.2) is 28.6 Å². The third-order valence-electron chi connectivity index (χ3n) is 2.56. The van der Waals surface area contributed by atoms with Gasteiger partial charge in [0, 0.05) is 16.8 Å². The molecule has 0 saturated carbocycles. The van der Waals surface area contributed by atoms with Gasteiger partial charge in [0.1, 0.15) is 4.21 Å². The number of hydrogen-bond acceptors (Lipinski definition) is 5. The van der Waals surface area contributed by atoms with Crippen molar-refractivity contribution in [1.82, 2.24) is 4.98 Å². The lowest BCUT2D eigenvalue weighted by molar-refractivity contribution is 0.285. The van der Waals surface area contributed by atoms with Gasteiger partial charge in [-0.3, -0.25) is 9.71 Å². The smallest absolute Gasteiger partial charge is 0.271 e. The fraction of sp³-hybridized carbons (Fsp3) is 0.250. The maximum absolute atomic E-state index is 12.2. The van der Waals surface area contributed by atoms with Gasteiger partial charge in [0.25, 0.3) is 10.0 Å². The van der Waals surface area contributed by atoms with Gasteiger partial charge in [0.2, 0.25) is 0 Å². The summed E-state index contributed by atoms with van der Waals surface area (Å²) >= 11 is 1.07. The Kier molecular flexibility index (Phi) is 3.88. The van der Waals surface area contributed by atoms with E-state index >= 15 is 0 Å². The molecule has 0 aromatic carbocycles. The summed E-state index contributed by atoms with van der Waals surface area (Å²) in [4.78, 5) is 4.67. The molecule has 0 aliphatic rings. The number of anilines is 1. The highest BCUT2D eigenvalue weighted by molar-refractivity contribution is 7.94. The van der Waals surface area contributed by atoms with E-state index in [-0.39, 0.29) is 10.8 Å². The summed E-state index contributed by atoms with van der Waals surface area (Å²) in [5, 5.41) is 9.11. The van der Waals surface area contributed by atoms with Crippen LogP contribution < -0.4 is 4.72 Å². The Hall–Kier alpha value is -1.44. The van der Waals surface area contributed by atoms with E-state index in [1.807, 2.05) is 0 Å². The highest BCUT2D eigenvalue weighted by Crippen LogP contribution is 2.27. The Morgan fingerprint density at radius 1 is 1.37 bits per heavy atom. The monoisotopic (exact) mass is 298 g/mol. The van der Waals surface area contributed by atoms with E-state index in [2.05, 4.69) is 9.71 Å². The second kappa shape index (κ2) is 5.28. The molecule has 0 aliphatic carbocycles. The lowest BCUT2D eigenvalue weighted by atomic mass is 10.3. The largest absolute Gasteiger partial charge is 0.391 e. The van der Waals surface area contributed by atoms with Crippen LogP contribution in [-0.2, 0) is 16.6 Å². The molecule has 0 unspecified atom stereocenters. The summed E-state index contributed by atoms with van der Waals surface area (Å²) < 4.78 is 27.1. The van der Waals surface area contributed by atoms with Gasteiger partial charge in [-0.2, -0.15) is 0 Å². The summed E-state index contributed by atoms with van der Waals surface area (Å²) in [6.07, 6.45) is 1.55. The molecule has 0 bridgehead atoms. The van der Waals surface area contributed by atoms with Gasteiger partial charge in [-0.25, -0.2) is 8.42 Å². The third kappa shape index (κ3) is 3.12. The molecular weight excluding hydrogens is 284 g/mol. The van der Waals surface area contributed by atoms with Crippen molar-refractivity contribution >= 4 is 27.0 Å². The van der Waals surface area contributed by atoms with Crippen molar-refractivity contribution < 1.29 is 13.5 Å². The van der Waals surface area contributed by atoms with E-state index in [1.165, 1.54) is 0 Å². The molecular formula is C12H14N2O3S2. The molecule has 2 heterocycles. The normalized spacial score (nSPS) is 11.5. The number of aromatic nitrogens is 1. The number of nitrogens with one attached hydrogen (secondary N) is 1. The molecule has 0 atom stereocenters. The van der Waals surface area contributed by atoms with Crippen LogP contribution in [-0.4, -0.2) is 18.5 Å². The van der Waals surface area contributed by atoms with Crippen LogP contribution in [0, 0.1) is 13.8 Å². The van der Waals surface area contributed by atoms with Gasteiger partial charge in [-0.15, -0.1) is 11.3 Å². The molecule has 2 aromatic rings. The lowest BCUT2D eigenvalue weighted by Gasteiger charge is -2.06. The highest BCUT2D eigenvalue weighted by atomic mass is 32.2. The molecule has 2 aromatic heterocycles. The SMILES string of the molecule is Cc1cc(NS(=O)(=O)c2cc(C)c(CO)s2)ccn1. The fourth-order valence-corrected chi connectivity index (χ4v) is 4.09. The van der Waals surface area contributed by atoms with Crippen LogP contribution in [0.5, 0.6) is 0 Å². The van der Waals surface area contributed by atoms with Crippen molar-refractivity contribution in [3.05, 3.63) is 40.5 Å². The molecule has 7 heteroatoms. The average molecular weight is 298 g/mol. The van der Waals surface area contributed by atoms with Gasteiger partial charge in [-0.05, 0) is 37.6 Å². The quantitative estimate of drug-likeness (QED) is 0.905. The van der Waals surface area contributed by atoms with Gasteiger partial charge < -0.3 is 5.11 Å². The van der Waals surface area contributed by atoms with Crippen molar-refractivity contribution in [2.24, 2.45) is 0 Å². The second-order valence-electron chi connectivity index (χ2n) is 4.12. The number of pyridine rings is 1. The first kappa shape index (κ1) is 14.0. The summed E-state index contributed by atoms with van der Waals surface area (Å²) in [6, 6.07) is 4.82. The van der Waals surface area contributed by atoms with Crippen molar-refractivity contribution in [3.63, 3.8) is 0 Å². The Labute approximate surface area is 116 Å². The fourth-order valence-electron chi connectivity index (χ4n) is 1.59. The molecule has 19 heavy (non-hydrogen) atoms. The lowest BCUT2D eigenvalue weighted by Crippen LogP contribution is -2.11. The van der Waals surface area contributed by atoms with Gasteiger partial charge in [0.15, 0.2) is 0 Å². The topological polar surface area (TPSA) is 79.3 Å². The van der Waals surface area contributed by atoms with Crippen LogP contribution in [0.2, 0.25) is 0 Å². The molecule has 0 saturated heterocycles. The standard InChI is InChI=1S/C12H14N2O3S2/c1-8-5-12(18-11(8)7-15)19(16,17)14-10-3-4-13-9(2)6-10/h3-6,15H,7H2,1-2H3,(H,13,14). The summed E-state index contributed by atoms with van der Waals surface area (Å²) in [5.41, 5.74) is 1.99. The number of thiophene rings is 1. The molecule has 0 aliphatic heterocycles. The summed E-state index contributed by atoms with van der Waals surface area (Å²) in [5.74, 6) is 0. The molecule has 102 valence electrons. The minimum absolute atomic E-state index is 0.152. The number of rotatable bonds is 4. The van der Waals surface area contributed by atoms with Crippen LogP contribution >= 0.6 is 11.3 Å². The van der Waals surface area contributed by atoms with Crippen LogP contribution in [0.3, 0.4) is 0 Å². The van der Waals surface area contributed by atoms with Gasteiger partial charge in [-0.1, -0.05) is 0 Å². The Bertz CT molecular complexity index is 693. The molecule has 0 spiro atoms. The highest BCUT2D eigenvalue weighted by Gasteiger charge is 2.18. The minimum atomic E-state index is -3.61. The van der Waals surface area contributed by atoms with E-state index in [9.17, 15) is 8.42 Å². The molecule has 2 rings (SSSR count). The molecule has 2 N–H and O–H groups in total. The zero-order valence-corrected chi connectivity index (χ0v) is 12.2. The Balaban J connectivity index is 2.32. The maximum Gasteiger partial charge on any atom is 0.271 e. The number of aryl methyl sites for hydroxylation is 2. The predicted octanol–water partition coefficient (Wildman–Crippen LogP) is 2.05. The van der Waals surface area contributed by atoms with Crippen molar-refractivity contribution in [2.45, 2.75) is 24.7 Å². The first-order chi connectivity index (χ1) is 8.92. The van der Waals surface area contributed by atoms with E-state index in [0.717, 1.165) is 22.6 Å². The van der Waals surface area contributed by atoms with E-state index in [4.69, 9.17) is 5.11 Å². The maximum atomic E-state index is 12.2. The van der Waals surface area contributed by atoms with E-state index in [0.29, 0.717) is 10.6 Å². The van der Waals surface area contributed by atoms with E-state index in [1.54, 1.807) is 38.2 Å². The molecule has 0 amide bonds. The van der Waals surface area contributed by atoms with Crippen LogP contribution in [0.25, 0.3) is 0 Å². The number of sulfonamides is 1. The first-order valence-corrected chi connectivity index (χ1v) is 7.88.